The van der Waals surface area contributed by atoms with E-state index in [1.165, 1.54) is 40.7 Å². The molecule has 22 nitrogen and oxygen atoms in total. The summed E-state index contributed by atoms with van der Waals surface area (Å²) in [7, 11) is -18.4. The minimum absolute atomic E-state index is 0.123. The number of benzene rings is 3. The zero-order chi connectivity index (χ0) is 67.8. The third-order valence-electron chi connectivity index (χ3n) is 14.8. The van der Waals surface area contributed by atoms with E-state index in [1.54, 1.807) is 0 Å². The number of pyridine rings is 1. The van der Waals surface area contributed by atoms with Crippen molar-refractivity contribution >= 4 is 76.4 Å². The molecule has 3 heterocycles. The first-order valence-electron chi connectivity index (χ1n) is 26.6. The summed E-state index contributed by atoms with van der Waals surface area (Å²) in [5, 5.41) is 10.9. The van der Waals surface area contributed by atoms with Crippen molar-refractivity contribution < 1.29 is 108 Å². The Labute approximate surface area is 517 Å². The number of fused-ring (bicyclic) bond motifs is 4. The van der Waals surface area contributed by atoms with Crippen LogP contribution in [-0.4, -0.2) is 106 Å². The van der Waals surface area contributed by atoms with E-state index in [0.29, 0.717) is 10.7 Å². The van der Waals surface area contributed by atoms with Gasteiger partial charge in [-0.2, -0.15) is 45.3 Å². The number of sulfone groups is 1. The summed E-state index contributed by atoms with van der Waals surface area (Å²) < 4.78 is 229. The predicted molar refractivity (Wildman–Crippen MR) is 304 cm³/mol. The van der Waals surface area contributed by atoms with Crippen LogP contribution in [0.25, 0.3) is 22.0 Å². The molecular formula is C54H53ClF10N8O14P2S2. The third-order valence-corrected chi connectivity index (χ3v) is 18.9. The number of amides is 3. The molecule has 6 aromatic rings. The number of hydrogen-bond acceptors (Lipinski definition) is 13. The van der Waals surface area contributed by atoms with Gasteiger partial charge in [0.15, 0.2) is 15.5 Å². The lowest BCUT2D eigenvalue weighted by atomic mass is 9.77. The van der Waals surface area contributed by atoms with Gasteiger partial charge in [-0.05, 0) is 98.5 Å². The molecule has 8 rings (SSSR count). The smallest absolute Gasteiger partial charge is 0.404 e. The summed E-state index contributed by atoms with van der Waals surface area (Å²) in [6, 6.07) is 6.91. The molecule has 3 atom stereocenters. The van der Waals surface area contributed by atoms with E-state index in [2.05, 4.69) is 32.3 Å². The van der Waals surface area contributed by atoms with E-state index in [1.807, 2.05) is 5.32 Å². The highest BCUT2D eigenvalue weighted by molar-refractivity contribution is 7.92. The molecule has 0 bridgehead atoms. The van der Waals surface area contributed by atoms with E-state index in [9.17, 15) is 95.0 Å². The Morgan fingerprint density at radius 1 is 0.923 bits per heavy atom. The number of thiol groups is 1. The monoisotopic (exact) mass is 1390 g/mol. The summed E-state index contributed by atoms with van der Waals surface area (Å²) in [6.07, 6.45) is -13.6. The molecule has 0 radical (unpaired) electrons. The van der Waals surface area contributed by atoms with Crippen molar-refractivity contribution in [2.75, 3.05) is 12.5 Å². The van der Waals surface area contributed by atoms with Gasteiger partial charge in [0.25, 0.3) is 5.92 Å². The highest BCUT2D eigenvalue weighted by Gasteiger charge is 2.68. The fraction of sp³-hybridized carbons (Fsp3) is 0.407. The molecule has 0 unspecified atom stereocenters. The van der Waals surface area contributed by atoms with Crippen LogP contribution in [0.3, 0.4) is 0 Å². The molecule has 492 valence electrons. The fourth-order valence-electron chi connectivity index (χ4n) is 10.8. The molecule has 91 heavy (non-hydrogen) atoms. The molecule has 2 aliphatic rings. The summed E-state index contributed by atoms with van der Waals surface area (Å²) >= 11 is 6.77. The van der Waals surface area contributed by atoms with Crippen LogP contribution in [-0.2, 0) is 94.2 Å². The number of halogens is 11. The Morgan fingerprint density at radius 2 is 1.56 bits per heavy atom. The summed E-state index contributed by atoms with van der Waals surface area (Å²) in [4.78, 5) is 84.9. The standard InChI is InChI=1S/C54H53ClF10N8O14P2S2/c1-26-13-28(18-40(74)66-25-88(77,78)79)45(39(14-26)87-89(80,81)82)50(2,3)21-42(76)73(90(83)84)22-38-44-36(55)10-9-33(47(44)72(69-38)24-52(58,59)60)32-8-7-31(11-12-51(4,5)91(6,85)86)67-46(32)37(17-27-15-29(56)19-30(57)16-27)68-41(75)23-71-49-43(48(70-71)54(63,64)65)34-20-35(34)53(49,61)62/h7-10,13-16,19,34-35,37,90H,17-18,20-25H2,1-6H3,(H,66,74)(H,68,75)(H2,77,78,79)(H2,80,81,82)/t34-,35+,37-/m0/s1. The Balaban J connectivity index is 1.28. The van der Waals surface area contributed by atoms with E-state index >= 15 is 8.78 Å². The van der Waals surface area contributed by atoms with Gasteiger partial charge in [-0.15, -0.1) is 0 Å². The number of rotatable bonds is 21. The average molecular weight is 1390 g/mol. The maximum Gasteiger partial charge on any atom is 0.524 e. The van der Waals surface area contributed by atoms with Crippen LogP contribution in [0.1, 0.15) is 109 Å². The highest BCUT2D eigenvalue weighted by atomic mass is 35.5. The van der Waals surface area contributed by atoms with Gasteiger partial charge in [-0.3, -0.25) is 38.1 Å². The Morgan fingerprint density at radius 3 is 2.14 bits per heavy atom. The third kappa shape index (κ3) is 15.9. The Bertz CT molecular complexity index is 4320. The van der Waals surface area contributed by atoms with Crippen molar-refractivity contribution in [2.45, 2.75) is 120 Å². The van der Waals surface area contributed by atoms with E-state index in [-0.39, 0.29) is 54.5 Å². The second kappa shape index (κ2) is 24.8. The van der Waals surface area contributed by atoms with Crippen LogP contribution >= 0.6 is 27.0 Å². The van der Waals surface area contributed by atoms with Crippen LogP contribution < -0.4 is 15.2 Å². The number of hydrogen-bond donors (Lipinski definition) is 7. The topological polar surface area (TPSA) is 320 Å². The summed E-state index contributed by atoms with van der Waals surface area (Å²) in [5.74, 6) is -8.43. The molecule has 1 fully saturated rings. The lowest BCUT2D eigenvalue weighted by Gasteiger charge is -2.31. The molecule has 2 aliphatic carbocycles. The molecule has 37 heteroatoms. The average Bonchev–Trinajstić information content (AvgIpc) is 1.52. The molecule has 3 amide bonds. The maximum atomic E-state index is 15.7. The highest BCUT2D eigenvalue weighted by Crippen LogP contribution is 2.68. The zero-order valence-corrected chi connectivity index (χ0v) is 52.3. The number of carbonyl (C=O) groups is 3. The number of alkyl halides is 8. The first kappa shape index (κ1) is 69.9. The largest absolute Gasteiger partial charge is 0.524 e. The molecule has 3 aromatic heterocycles. The summed E-state index contributed by atoms with van der Waals surface area (Å²) in [6.45, 7) is 1.70. The number of nitrogens with one attached hydrogen (secondary N) is 2. The first-order valence-corrected chi connectivity index (χ1v) is 33.3. The molecule has 0 aliphatic heterocycles. The number of phosphoric ester groups is 1. The van der Waals surface area contributed by atoms with Crippen LogP contribution in [0.15, 0.2) is 54.6 Å². The normalized spacial score (nSPS) is 16.2. The number of aromatic nitrogens is 5. The van der Waals surface area contributed by atoms with Gasteiger partial charge in [0.1, 0.15) is 52.9 Å². The molecule has 0 saturated heterocycles. The first-order chi connectivity index (χ1) is 41.6. The minimum atomic E-state index is -5.48. The SMILES string of the molecule is Cc1cc(CC(=O)NCP(=O)(O)O)c(C(C)(C)CC(=O)N(Cc2nn(CC(F)(F)F)c3c(-c4ccc(C#CC(C)(C)S(C)(=O)=O)nc4[C@H](Cc4cc(F)cc(F)c4)NC(=O)Cn4nc(C(F)(F)F)c5c4C(F)(F)[C@@H]4C[C@H]54)ccc(Cl)c23)[SH](=O)=O)c(OP(=O)(O)O)c1. The Hall–Kier alpha value is -6.95. The predicted octanol–water partition coefficient (Wildman–Crippen LogP) is 8.09. The van der Waals surface area contributed by atoms with Crippen molar-refractivity contribution in [2.24, 2.45) is 5.92 Å². The van der Waals surface area contributed by atoms with Gasteiger partial charge < -0.3 is 24.9 Å². The van der Waals surface area contributed by atoms with Gasteiger partial charge in [-0.1, -0.05) is 43.5 Å². The number of phosphoric acid groups is 1. The van der Waals surface area contributed by atoms with Crippen molar-refractivity contribution in [3.63, 3.8) is 0 Å². The van der Waals surface area contributed by atoms with Crippen molar-refractivity contribution in [1.82, 2.24) is 39.5 Å². The van der Waals surface area contributed by atoms with Gasteiger partial charge in [0.05, 0.1) is 40.9 Å². The van der Waals surface area contributed by atoms with Crippen LogP contribution in [0.2, 0.25) is 5.02 Å². The van der Waals surface area contributed by atoms with Crippen molar-refractivity contribution in [3.8, 4) is 28.7 Å². The van der Waals surface area contributed by atoms with Crippen LogP contribution in [0.4, 0.5) is 43.9 Å². The van der Waals surface area contributed by atoms with Gasteiger partial charge >= 0.3 is 27.8 Å². The van der Waals surface area contributed by atoms with Crippen LogP contribution in [0.5, 0.6) is 5.75 Å². The molecule has 6 N–H and O–H groups in total. The minimum Gasteiger partial charge on any atom is -0.404 e. The van der Waals surface area contributed by atoms with Gasteiger partial charge in [-0.25, -0.2) is 39.5 Å². The van der Waals surface area contributed by atoms with E-state index < -0.39 is 207 Å². The second-order valence-corrected chi connectivity index (χ2v) is 29.6. The molecule has 1 saturated carbocycles. The lowest BCUT2D eigenvalue weighted by molar-refractivity contribution is -0.143. The summed E-state index contributed by atoms with van der Waals surface area (Å²) in [5.41, 5.74) is -8.98. The van der Waals surface area contributed by atoms with Crippen molar-refractivity contribution in [3.05, 3.63) is 128 Å². The number of nitrogens with zero attached hydrogens (tertiary/aromatic N) is 6. The van der Waals surface area contributed by atoms with Crippen molar-refractivity contribution in [1.29, 1.82) is 0 Å². The van der Waals surface area contributed by atoms with Crippen LogP contribution in [0, 0.1) is 36.3 Å². The van der Waals surface area contributed by atoms with Gasteiger partial charge in [0.2, 0.25) is 28.6 Å². The molecular weight excluding hydrogens is 1340 g/mol. The maximum absolute atomic E-state index is 15.7. The number of aryl methyl sites for hydroxylation is 1. The second-order valence-electron chi connectivity index (χ2n) is 22.9. The zero-order valence-electron chi connectivity index (χ0n) is 48.0. The Kier molecular flexibility index (Phi) is 19.1. The molecule has 3 aromatic carbocycles. The van der Waals surface area contributed by atoms with E-state index in [4.69, 9.17) is 16.1 Å². The quantitative estimate of drug-likeness (QED) is 0.0155. The lowest BCUT2D eigenvalue weighted by Crippen LogP contribution is -2.35. The van der Waals surface area contributed by atoms with E-state index in [0.717, 1.165) is 48.7 Å². The number of carbonyl (C=O) groups excluding carboxylic acids is 3. The van der Waals surface area contributed by atoms with Gasteiger partial charge in [0, 0.05) is 57.7 Å². The fourth-order valence-corrected chi connectivity index (χ4v) is 12.5. The molecule has 0 spiro atoms.